The lowest BCUT2D eigenvalue weighted by atomic mass is 9.85. The number of alkyl carbamates (subject to hydrolysis) is 1. The highest BCUT2D eigenvalue weighted by atomic mass is 19.3. The first-order chi connectivity index (χ1) is 22.6. The number of pyridine rings is 1. The standard InChI is InChI=1S/C33H43F2N7O6/c1-32(2,3)48-31(46)38-24-11-8-10-23(18-24)29(44)37-25-13-16-41(28(43)19-25)14-5-6-15-42-21-27(39-40-42)30(45)36-20-22-9-7-12-26(17-22)47-33(4,34)35/h7,9,12-13,16-17,19,21,23-24H,5-6,8,10-11,14-15,18,20H2,1-4H3,(H,36,45)(H,37,44)(H,38,46)/t23-,24-/m0/s1. The smallest absolute Gasteiger partial charge is 0.407 e. The van der Waals surface area contributed by atoms with Crippen LogP contribution in [0, 0.1) is 5.92 Å². The zero-order valence-corrected chi connectivity index (χ0v) is 27.6. The van der Waals surface area contributed by atoms with E-state index in [1.807, 2.05) is 0 Å². The molecule has 2 heterocycles. The third-order valence-corrected chi connectivity index (χ3v) is 7.49. The molecule has 1 aliphatic carbocycles. The first kappa shape index (κ1) is 36.0. The minimum Gasteiger partial charge on any atom is -0.444 e. The van der Waals surface area contributed by atoms with E-state index in [4.69, 9.17) is 4.74 Å². The van der Waals surface area contributed by atoms with E-state index in [0.717, 1.165) is 12.8 Å². The zero-order chi connectivity index (χ0) is 34.9. The Balaban J connectivity index is 1.18. The van der Waals surface area contributed by atoms with Crippen LogP contribution in [-0.2, 0) is 29.2 Å². The lowest BCUT2D eigenvalue weighted by molar-refractivity contribution is -0.159. The number of unbranched alkanes of at least 4 members (excludes halogenated alkanes) is 1. The summed E-state index contributed by atoms with van der Waals surface area (Å²) in [6.45, 7) is 7.04. The Labute approximate surface area is 277 Å². The first-order valence-corrected chi connectivity index (χ1v) is 16.0. The maximum absolute atomic E-state index is 13.1. The van der Waals surface area contributed by atoms with Crippen molar-refractivity contribution in [2.24, 2.45) is 5.92 Å². The highest BCUT2D eigenvalue weighted by Gasteiger charge is 2.29. The molecule has 0 bridgehead atoms. The summed E-state index contributed by atoms with van der Waals surface area (Å²) in [4.78, 5) is 50.3. The summed E-state index contributed by atoms with van der Waals surface area (Å²) in [5.74, 6) is -0.953. The molecule has 2 aromatic heterocycles. The second-order valence-corrected chi connectivity index (χ2v) is 13.0. The van der Waals surface area contributed by atoms with Gasteiger partial charge in [0.25, 0.3) is 11.5 Å². The van der Waals surface area contributed by atoms with Crippen molar-refractivity contribution >= 4 is 23.6 Å². The number of halogens is 2. The molecule has 0 radical (unpaired) electrons. The van der Waals surface area contributed by atoms with Crippen molar-refractivity contribution in [1.29, 1.82) is 0 Å². The lowest BCUT2D eigenvalue weighted by Crippen LogP contribution is -2.43. The fourth-order valence-corrected chi connectivity index (χ4v) is 5.31. The van der Waals surface area contributed by atoms with Gasteiger partial charge in [-0.1, -0.05) is 23.8 Å². The van der Waals surface area contributed by atoms with E-state index in [9.17, 15) is 28.0 Å². The van der Waals surface area contributed by atoms with Gasteiger partial charge in [-0.3, -0.25) is 19.1 Å². The number of rotatable bonds is 13. The Kier molecular flexibility index (Phi) is 11.9. The largest absolute Gasteiger partial charge is 0.444 e. The van der Waals surface area contributed by atoms with E-state index in [-0.39, 0.29) is 41.4 Å². The van der Waals surface area contributed by atoms with E-state index in [1.165, 1.54) is 29.1 Å². The number of nitrogens with one attached hydrogen (secondary N) is 3. The molecule has 1 saturated carbocycles. The number of carbonyl (C=O) groups excluding carboxylic acids is 3. The number of aryl methyl sites for hydroxylation is 2. The first-order valence-electron chi connectivity index (χ1n) is 16.0. The van der Waals surface area contributed by atoms with Gasteiger partial charge in [0.1, 0.15) is 11.4 Å². The molecule has 48 heavy (non-hydrogen) atoms. The Morgan fingerprint density at radius 2 is 1.81 bits per heavy atom. The van der Waals surface area contributed by atoms with Crippen LogP contribution in [0.3, 0.4) is 0 Å². The topological polar surface area (TPSA) is 158 Å². The van der Waals surface area contributed by atoms with Crippen LogP contribution in [0.1, 0.15) is 82.3 Å². The molecule has 4 rings (SSSR count). The van der Waals surface area contributed by atoms with Crippen molar-refractivity contribution in [1.82, 2.24) is 30.2 Å². The van der Waals surface area contributed by atoms with Gasteiger partial charge in [-0.2, -0.15) is 8.78 Å². The van der Waals surface area contributed by atoms with Crippen LogP contribution in [-0.4, -0.2) is 55.2 Å². The number of hydrogen-bond donors (Lipinski definition) is 3. The number of nitrogens with zero attached hydrogens (tertiary/aromatic N) is 4. The number of amides is 3. The summed E-state index contributed by atoms with van der Waals surface area (Å²) >= 11 is 0. The monoisotopic (exact) mass is 671 g/mol. The molecule has 1 aliphatic rings. The number of anilines is 1. The number of hydrogen-bond acceptors (Lipinski definition) is 8. The zero-order valence-electron chi connectivity index (χ0n) is 27.6. The van der Waals surface area contributed by atoms with Gasteiger partial charge in [-0.05, 0) is 76.6 Å². The molecule has 2 atom stereocenters. The minimum absolute atomic E-state index is 0.00898. The van der Waals surface area contributed by atoms with Crippen LogP contribution in [0.5, 0.6) is 5.75 Å². The van der Waals surface area contributed by atoms with Gasteiger partial charge in [0.05, 0.1) is 6.20 Å². The molecule has 3 aromatic rings. The highest BCUT2D eigenvalue weighted by molar-refractivity contribution is 5.92. The molecule has 15 heteroatoms. The molecule has 1 fully saturated rings. The summed E-state index contributed by atoms with van der Waals surface area (Å²) in [6, 6.07) is 8.98. The fourth-order valence-electron chi connectivity index (χ4n) is 5.31. The maximum atomic E-state index is 13.1. The Morgan fingerprint density at radius 3 is 2.54 bits per heavy atom. The maximum Gasteiger partial charge on any atom is 0.407 e. The quantitative estimate of drug-likeness (QED) is 0.217. The van der Waals surface area contributed by atoms with E-state index < -0.39 is 23.7 Å². The third kappa shape index (κ3) is 11.8. The van der Waals surface area contributed by atoms with E-state index in [0.29, 0.717) is 56.9 Å². The Bertz CT molecular complexity index is 1630. The summed E-state index contributed by atoms with van der Waals surface area (Å²) in [5.41, 5.74) is 0.254. The second kappa shape index (κ2) is 15.8. The Hall–Kier alpha value is -4.82. The van der Waals surface area contributed by atoms with Crippen molar-refractivity contribution in [3.8, 4) is 5.75 Å². The van der Waals surface area contributed by atoms with Gasteiger partial charge >= 0.3 is 12.2 Å². The van der Waals surface area contributed by atoms with Crippen molar-refractivity contribution in [2.75, 3.05) is 5.32 Å². The average molecular weight is 672 g/mol. The van der Waals surface area contributed by atoms with Crippen LogP contribution in [0.4, 0.5) is 19.3 Å². The van der Waals surface area contributed by atoms with Gasteiger partial charge in [-0.25, -0.2) is 4.79 Å². The molecular weight excluding hydrogens is 628 g/mol. The van der Waals surface area contributed by atoms with Crippen LogP contribution in [0.2, 0.25) is 0 Å². The van der Waals surface area contributed by atoms with Crippen LogP contribution in [0.15, 0.2) is 53.6 Å². The average Bonchev–Trinajstić information content (AvgIpc) is 3.46. The number of aromatic nitrogens is 4. The lowest BCUT2D eigenvalue weighted by Gasteiger charge is -2.30. The van der Waals surface area contributed by atoms with Gasteiger partial charge in [0, 0.05) is 56.5 Å². The van der Waals surface area contributed by atoms with Gasteiger partial charge in [0.15, 0.2) is 5.69 Å². The van der Waals surface area contributed by atoms with Gasteiger partial charge < -0.3 is 30.0 Å². The predicted octanol–water partition coefficient (Wildman–Crippen LogP) is 4.86. The fraction of sp³-hybridized carbons (Fsp3) is 0.515. The molecular formula is C33H43F2N7O6. The van der Waals surface area contributed by atoms with Crippen molar-refractivity contribution in [2.45, 2.75) is 104 Å². The molecule has 0 spiro atoms. The number of benzene rings is 1. The molecule has 0 aliphatic heterocycles. The Morgan fingerprint density at radius 1 is 1.04 bits per heavy atom. The molecule has 3 amide bonds. The van der Waals surface area contributed by atoms with Crippen LogP contribution < -0.4 is 26.2 Å². The highest BCUT2D eigenvalue weighted by Crippen LogP contribution is 2.26. The normalized spacial score (nSPS) is 16.5. The molecule has 260 valence electrons. The SMILES string of the molecule is CC(C)(C)OC(=O)N[C@H]1CCC[C@H](C(=O)Nc2ccn(CCCCn3cc(C(=O)NCc4cccc(OC(C)(F)F)c4)nn3)c(=O)c2)C1. The van der Waals surface area contributed by atoms with E-state index >= 15 is 0 Å². The van der Waals surface area contributed by atoms with Crippen LogP contribution in [0.25, 0.3) is 0 Å². The molecule has 0 unspecified atom stereocenters. The van der Waals surface area contributed by atoms with Crippen molar-refractivity contribution in [3.63, 3.8) is 0 Å². The summed E-state index contributed by atoms with van der Waals surface area (Å²) in [5, 5.41) is 16.3. The number of alkyl halides is 2. The predicted molar refractivity (Wildman–Crippen MR) is 173 cm³/mol. The number of carbonyl (C=O) groups is 3. The molecule has 0 saturated heterocycles. The summed E-state index contributed by atoms with van der Waals surface area (Å²) in [6.07, 6.45) is 3.40. The van der Waals surface area contributed by atoms with Gasteiger partial charge in [-0.15, -0.1) is 5.10 Å². The molecule has 1 aromatic carbocycles. The van der Waals surface area contributed by atoms with Crippen molar-refractivity contribution in [3.05, 3.63) is 70.4 Å². The summed E-state index contributed by atoms with van der Waals surface area (Å²) in [7, 11) is 0. The number of ether oxygens (including phenoxy) is 2. The minimum atomic E-state index is -3.31. The second-order valence-electron chi connectivity index (χ2n) is 13.0. The van der Waals surface area contributed by atoms with Crippen LogP contribution >= 0.6 is 0 Å². The van der Waals surface area contributed by atoms with Gasteiger partial charge in [0.2, 0.25) is 5.91 Å². The van der Waals surface area contributed by atoms with E-state index in [1.54, 1.807) is 49.7 Å². The molecule has 3 N–H and O–H groups in total. The van der Waals surface area contributed by atoms with Crippen molar-refractivity contribution < 1.29 is 32.6 Å². The van der Waals surface area contributed by atoms with E-state index in [2.05, 4.69) is 31.0 Å². The third-order valence-electron chi connectivity index (χ3n) is 7.49. The summed E-state index contributed by atoms with van der Waals surface area (Å²) < 4.78 is 39.2. The molecule has 13 nitrogen and oxygen atoms in total.